The number of rotatable bonds is 6. The molecule has 1 aromatic carbocycles. The van der Waals surface area contributed by atoms with Gasteiger partial charge in [0.15, 0.2) is 11.7 Å². The van der Waals surface area contributed by atoms with Gasteiger partial charge in [-0.05, 0) is 30.4 Å². The first-order chi connectivity index (χ1) is 15.9. The summed E-state index contributed by atoms with van der Waals surface area (Å²) in [7, 11) is 0. The molecule has 178 valence electrons. The minimum Gasteiger partial charge on any atom is -0.441 e. The van der Waals surface area contributed by atoms with E-state index in [1.54, 1.807) is 18.2 Å². The number of carbonyl (C=O) groups excluding carboxylic acids is 2. The topological polar surface area (TPSA) is 69.9 Å². The van der Waals surface area contributed by atoms with Crippen LogP contribution in [0.4, 0.5) is 4.39 Å². The smallest absolute Gasteiger partial charge is 0.236 e. The second-order valence-electron chi connectivity index (χ2n) is 9.50. The van der Waals surface area contributed by atoms with Gasteiger partial charge in [0.1, 0.15) is 5.82 Å². The van der Waals surface area contributed by atoms with Gasteiger partial charge in [-0.25, -0.2) is 9.37 Å². The summed E-state index contributed by atoms with van der Waals surface area (Å²) in [6.07, 6.45) is 3.34. The highest BCUT2D eigenvalue weighted by Crippen LogP contribution is 2.24. The third-order valence-corrected chi connectivity index (χ3v) is 6.55. The van der Waals surface area contributed by atoms with Crippen molar-refractivity contribution in [3.63, 3.8) is 0 Å². The SMILES string of the molecule is CC1CC(C)CN(C(=O)CN2CCN(C(=O)CCc3ncc(-c4ccccc4F)o3)CC2)C1. The number of benzene rings is 1. The summed E-state index contributed by atoms with van der Waals surface area (Å²) in [6, 6.07) is 6.38. The lowest BCUT2D eigenvalue weighted by molar-refractivity contribution is -0.136. The molecule has 4 rings (SSSR count). The number of amides is 2. The summed E-state index contributed by atoms with van der Waals surface area (Å²) < 4.78 is 19.6. The Kier molecular flexibility index (Phi) is 7.42. The zero-order valence-electron chi connectivity index (χ0n) is 19.5. The quantitative estimate of drug-likeness (QED) is 0.668. The standard InChI is InChI=1S/C25H33FN4O3/c1-18-13-19(2)16-30(15-18)25(32)17-28-9-11-29(12-10-28)24(31)8-7-23-27-14-22(33-23)20-5-3-4-6-21(20)26/h3-6,14,18-19H,7-13,15-17H2,1-2H3. The molecule has 7 nitrogen and oxygen atoms in total. The molecule has 1 aromatic heterocycles. The summed E-state index contributed by atoms with van der Waals surface area (Å²) in [5.41, 5.74) is 0.363. The summed E-state index contributed by atoms with van der Waals surface area (Å²) in [4.78, 5) is 35.6. The Balaban J connectivity index is 1.21. The molecule has 2 atom stereocenters. The van der Waals surface area contributed by atoms with Gasteiger partial charge >= 0.3 is 0 Å². The number of carbonyl (C=O) groups is 2. The Morgan fingerprint density at radius 1 is 1.03 bits per heavy atom. The third kappa shape index (κ3) is 5.99. The molecule has 2 aliphatic rings. The molecule has 3 heterocycles. The predicted octanol–water partition coefficient (Wildman–Crippen LogP) is 3.06. The van der Waals surface area contributed by atoms with Crippen LogP contribution in [0.15, 0.2) is 34.9 Å². The Morgan fingerprint density at radius 3 is 2.42 bits per heavy atom. The lowest BCUT2D eigenvalue weighted by Crippen LogP contribution is -2.53. The van der Waals surface area contributed by atoms with Crippen LogP contribution < -0.4 is 0 Å². The highest BCUT2D eigenvalue weighted by molar-refractivity contribution is 5.79. The molecule has 33 heavy (non-hydrogen) atoms. The lowest BCUT2D eigenvalue weighted by Gasteiger charge is -2.38. The molecule has 0 N–H and O–H groups in total. The number of piperidine rings is 1. The number of likely N-dealkylation sites (tertiary alicyclic amines) is 1. The number of piperazine rings is 1. The number of nitrogens with zero attached hydrogens (tertiary/aromatic N) is 4. The van der Waals surface area contributed by atoms with Crippen molar-refractivity contribution >= 4 is 11.8 Å². The first-order valence-corrected chi connectivity index (χ1v) is 11.9. The summed E-state index contributed by atoms with van der Waals surface area (Å²) in [6.45, 7) is 9.17. The van der Waals surface area contributed by atoms with Crippen LogP contribution in [-0.4, -0.2) is 77.3 Å². The molecule has 0 spiro atoms. The van der Waals surface area contributed by atoms with E-state index in [1.807, 2.05) is 9.80 Å². The maximum absolute atomic E-state index is 13.9. The van der Waals surface area contributed by atoms with Crippen LogP contribution >= 0.6 is 0 Å². The number of oxazole rings is 1. The molecule has 2 fully saturated rings. The van der Waals surface area contributed by atoms with E-state index in [9.17, 15) is 14.0 Å². The first-order valence-electron chi connectivity index (χ1n) is 11.9. The highest BCUT2D eigenvalue weighted by atomic mass is 19.1. The molecule has 2 aliphatic heterocycles. The molecule has 0 aliphatic carbocycles. The van der Waals surface area contributed by atoms with Crippen molar-refractivity contribution in [3.8, 4) is 11.3 Å². The first kappa shape index (κ1) is 23.4. The van der Waals surface area contributed by atoms with E-state index in [0.717, 1.165) is 13.1 Å². The maximum atomic E-state index is 13.9. The van der Waals surface area contributed by atoms with Crippen LogP contribution in [-0.2, 0) is 16.0 Å². The highest BCUT2D eigenvalue weighted by Gasteiger charge is 2.28. The average molecular weight is 457 g/mol. The molecule has 0 saturated carbocycles. The molecule has 0 bridgehead atoms. The van der Waals surface area contributed by atoms with Crippen molar-refractivity contribution in [3.05, 3.63) is 42.2 Å². The van der Waals surface area contributed by atoms with E-state index < -0.39 is 0 Å². The Hall–Kier alpha value is -2.74. The molecule has 8 heteroatoms. The number of halogens is 1. The number of aromatic nitrogens is 1. The summed E-state index contributed by atoms with van der Waals surface area (Å²) in [5.74, 6) is 1.78. The fourth-order valence-electron chi connectivity index (χ4n) is 4.90. The third-order valence-electron chi connectivity index (χ3n) is 6.55. The lowest BCUT2D eigenvalue weighted by atomic mass is 9.92. The van der Waals surface area contributed by atoms with E-state index in [4.69, 9.17) is 4.42 Å². The van der Waals surface area contributed by atoms with Gasteiger partial charge in [0.2, 0.25) is 11.8 Å². The second-order valence-corrected chi connectivity index (χ2v) is 9.50. The van der Waals surface area contributed by atoms with Crippen LogP contribution in [0.2, 0.25) is 0 Å². The van der Waals surface area contributed by atoms with E-state index >= 15 is 0 Å². The van der Waals surface area contributed by atoms with Gasteiger partial charge in [0.05, 0.1) is 18.3 Å². The predicted molar refractivity (Wildman–Crippen MR) is 123 cm³/mol. The molecule has 0 radical (unpaired) electrons. The molecule has 2 amide bonds. The van der Waals surface area contributed by atoms with Crippen molar-refractivity contribution in [2.45, 2.75) is 33.1 Å². The summed E-state index contributed by atoms with van der Waals surface area (Å²) >= 11 is 0. The zero-order chi connectivity index (χ0) is 23.4. The molecular formula is C25H33FN4O3. The van der Waals surface area contributed by atoms with Crippen LogP contribution in [0.3, 0.4) is 0 Å². The summed E-state index contributed by atoms with van der Waals surface area (Å²) in [5, 5.41) is 0. The van der Waals surface area contributed by atoms with Crippen LogP contribution in [0.5, 0.6) is 0 Å². The van der Waals surface area contributed by atoms with Gasteiger partial charge < -0.3 is 14.2 Å². The second kappa shape index (κ2) is 10.5. The number of hydrogen-bond acceptors (Lipinski definition) is 5. The Morgan fingerprint density at radius 2 is 1.73 bits per heavy atom. The van der Waals surface area contributed by atoms with Crippen LogP contribution in [0.25, 0.3) is 11.3 Å². The van der Waals surface area contributed by atoms with Gasteiger partial charge in [-0.2, -0.15) is 0 Å². The van der Waals surface area contributed by atoms with Crippen LogP contribution in [0.1, 0.15) is 32.6 Å². The van der Waals surface area contributed by atoms with E-state index in [1.165, 1.54) is 18.7 Å². The number of aryl methyl sites for hydroxylation is 1. The van der Waals surface area contributed by atoms with E-state index in [0.29, 0.717) is 74.6 Å². The fourth-order valence-corrected chi connectivity index (χ4v) is 4.90. The number of hydrogen-bond donors (Lipinski definition) is 0. The van der Waals surface area contributed by atoms with Crippen LogP contribution in [0, 0.1) is 17.7 Å². The van der Waals surface area contributed by atoms with Crippen molar-refractivity contribution in [2.24, 2.45) is 11.8 Å². The van der Waals surface area contributed by atoms with Gasteiger partial charge in [0, 0.05) is 52.1 Å². The van der Waals surface area contributed by atoms with Crippen molar-refractivity contribution in [1.82, 2.24) is 19.7 Å². The van der Waals surface area contributed by atoms with Gasteiger partial charge in [-0.3, -0.25) is 14.5 Å². The minimum absolute atomic E-state index is 0.0466. The fraction of sp³-hybridized carbons (Fsp3) is 0.560. The molecule has 2 aromatic rings. The molecule has 2 unspecified atom stereocenters. The Bertz CT molecular complexity index is 960. The monoisotopic (exact) mass is 456 g/mol. The zero-order valence-corrected chi connectivity index (χ0v) is 19.5. The largest absolute Gasteiger partial charge is 0.441 e. The molecular weight excluding hydrogens is 423 g/mol. The van der Waals surface area contributed by atoms with Gasteiger partial charge in [0.25, 0.3) is 0 Å². The van der Waals surface area contributed by atoms with E-state index in [2.05, 4.69) is 23.7 Å². The van der Waals surface area contributed by atoms with Gasteiger partial charge in [-0.1, -0.05) is 26.0 Å². The van der Waals surface area contributed by atoms with Crippen molar-refractivity contribution < 1.29 is 18.4 Å². The minimum atomic E-state index is -0.364. The Labute approximate surface area is 194 Å². The van der Waals surface area contributed by atoms with Crippen molar-refractivity contribution in [2.75, 3.05) is 45.8 Å². The normalized spacial score (nSPS) is 21.9. The van der Waals surface area contributed by atoms with E-state index in [-0.39, 0.29) is 17.6 Å². The average Bonchev–Trinajstić information content (AvgIpc) is 3.26. The molecule has 2 saturated heterocycles. The van der Waals surface area contributed by atoms with Crippen molar-refractivity contribution in [1.29, 1.82) is 0 Å². The maximum Gasteiger partial charge on any atom is 0.236 e. The van der Waals surface area contributed by atoms with Gasteiger partial charge in [-0.15, -0.1) is 0 Å².